The summed E-state index contributed by atoms with van der Waals surface area (Å²) in [5.74, 6) is 0. The van der Waals surface area contributed by atoms with E-state index in [1.165, 1.54) is 0 Å². The van der Waals surface area contributed by atoms with E-state index in [1.807, 2.05) is 45.9 Å². The van der Waals surface area contributed by atoms with Gasteiger partial charge in [0.15, 0.2) is 0 Å². The molecular formula is C18H23NO3S. The van der Waals surface area contributed by atoms with E-state index in [0.717, 1.165) is 27.8 Å². The van der Waals surface area contributed by atoms with Gasteiger partial charge in [-0.2, -0.15) is 0 Å². The topological polar surface area (TPSA) is 55.4 Å². The molecule has 0 bridgehead atoms. The van der Waals surface area contributed by atoms with Crippen molar-refractivity contribution in [1.29, 1.82) is 0 Å². The van der Waals surface area contributed by atoms with Crippen molar-refractivity contribution < 1.29 is 13.2 Å². The number of benzene rings is 2. The van der Waals surface area contributed by atoms with Gasteiger partial charge < -0.3 is 4.74 Å². The predicted octanol–water partition coefficient (Wildman–Crippen LogP) is 3.87. The van der Waals surface area contributed by atoms with E-state index in [1.54, 1.807) is 19.2 Å². The van der Waals surface area contributed by atoms with Crippen LogP contribution in [-0.2, 0) is 21.4 Å². The molecule has 0 aromatic heterocycles. The molecule has 0 aliphatic rings. The molecular weight excluding hydrogens is 310 g/mol. The van der Waals surface area contributed by atoms with Crippen molar-refractivity contribution in [2.24, 2.45) is 0 Å². The molecule has 0 aliphatic heterocycles. The second-order valence-electron chi connectivity index (χ2n) is 5.79. The molecule has 0 atom stereocenters. The standard InChI is InChI=1S/C18H23NO3S/c1-12-10-13(2)15(4)18(14(12)3)23(20,21)19-17-9-7-6-8-16(17)11-22-5/h6-10,19H,11H2,1-5H3. The van der Waals surface area contributed by atoms with Crippen LogP contribution in [0.3, 0.4) is 0 Å². The molecule has 0 saturated carbocycles. The van der Waals surface area contributed by atoms with Crippen molar-refractivity contribution in [3.05, 3.63) is 58.1 Å². The highest BCUT2D eigenvalue weighted by Gasteiger charge is 2.23. The summed E-state index contributed by atoms with van der Waals surface area (Å²) in [5.41, 5.74) is 4.86. The quantitative estimate of drug-likeness (QED) is 0.904. The minimum Gasteiger partial charge on any atom is -0.380 e. The first-order valence-corrected chi connectivity index (χ1v) is 8.93. The molecule has 0 unspecified atom stereocenters. The first kappa shape index (κ1) is 17.5. The third-order valence-electron chi connectivity index (χ3n) is 4.13. The summed E-state index contributed by atoms with van der Waals surface area (Å²) < 4.78 is 33.8. The number of methoxy groups -OCH3 is 1. The first-order valence-electron chi connectivity index (χ1n) is 7.45. The minimum absolute atomic E-state index is 0.351. The van der Waals surface area contributed by atoms with Gasteiger partial charge in [0.25, 0.3) is 10.0 Å². The lowest BCUT2D eigenvalue weighted by Gasteiger charge is -2.18. The van der Waals surface area contributed by atoms with Crippen molar-refractivity contribution in [3.63, 3.8) is 0 Å². The van der Waals surface area contributed by atoms with Crippen molar-refractivity contribution in [1.82, 2.24) is 0 Å². The first-order chi connectivity index (χ1) is 10.8. The summed E-state index contributed by atoms with van der Waals surface area (Å²) in [6.45, 7) is 7.90. The van der Waals surface area contributed by atoms with Crippen LogP contribution >= 0.6 is 0 Å². The Bertz CT molecular complexity index is 800. The number of para-hydroxylation sites is 1. The fraction of sp³-hybridized carbons (Fsp3) is 0.333. The number of aryl methyl sites for hydroxylation is 2. The highest BCUT2D eigenvalue weighted by molar-refractivity contribution is 7.92. The maximum Gasteiger partial charge on any atom is 0.262 e. The Kier molecular flexibility index (Phi) is 5.12. The highest BCUT2D eigenvalue weighted by atomic mass is 32.2. The zero-order chi connectivity index (χ0) is 17.2. The van der Waals surface area contributed by atoms with Gasteiger partial charge in [0, 0.05) is 12.7 Å². The Labute approximate surface area is 138 Å². The molecule has 4 nitrogen and oxygen atoms in total. The van der Waals surface area contributed by atoms with E-state index in [4.69, 9.17) is 4.74 Å². The molecule has 0 fully saturated rings. The van der Waals surface area contributed by atoms with Crippen LogP contribution in [0.25, 0.3) is 0 Å². The zero-order valence-electron chi connectivity index (χ0n) is 14.2. The monoisotopic (exact) mass is 333 g/mol. The van der Waals surface area contributed by atoms with Crippen LogP contribution in [0.4, 0.5) is 5.69 Å². The van der Waals surface area contributed by atoms with Crippen molar-refractivity contribution in [3.8, 4) is 0 Å². The molecule has 0 aliphatic carbocycles. The number of anilines is 1. The van der Waals surface area contributed by atoms with Crippen LogP contribution in [0.15, 0.2) is 35.2 Å². The van der Waals surface area contributed by atoms with Crippen molar-refractivity contribution >= 4 is 15.7 Å². The number of rotatable bonds is 5. The second-order valence-corrected chi connectivity index (χ2v) is 7.40. The van der Waals surface area contributed by atoms with E-state index in [-0.39, 0.29) is 0 Å². The Morgan fingerprint density at radius 3 is 2.13 bits per heavy atom. The number of sulfonamides is 1. The molecule has 2 rings (SSSR count). The van der Waals surface area contributed by atoms with Crippen LogP contribution in [-0.4, -0.2) is 15.5 Å². The smallest absolute Gasteiger partial charge is 0.262 e. The normalized spacial score (nSPS) is 11.5. The summed E-state index contributed by atoms with van der Waals surface area (Å²) in [4.78, 5) is 0.363. The van der Waals surface area contributed by atoms with Crippen LogP contribution in [0.5, 0.6) is 0 Å². The molecule has 23 heavy (non-hydrogen) atoms. The number of hydrogen-bond acceptors (Lipinski definition) is 3. The van der Waals surface area contributed by atoms with Crippen LogP contribution in [0.2, 0.25) is 0 Å². The SMILES string of the molecule is COCc1ccccc1NS(=O)(=O)c1c(C)c(C)cc(C)c1C. The zero-order valence-corrected chi connectivity index (χ0v) is 15.0. The van der Waals surface area contributed by atoms with Crippen LogP contribution in [0.1, 0.15) is 27.8 Å². The van der Waals surface area contributed by atoms with Gasteiger partial charge in [-0.3, -0.25) is 4.72 Å². The average molecular weight is 333 g/mol. The Morgan fingerprint density at radius 2 is 1.57 bits per heavy atom. The van der Waals surface area contributed by atoms with Gasteiger partial charge in [-0.05, 0) is 56.0 Å². The van der Waals surface area contributed by atoms with E-state index in [0.29, 0.717) is 17.2 Å². The molecule has 0 spiro atoms. The fourth-order valence-electron chi connectivity index (χ4n) is 2.68. The predicted molar refractivity (Wildman–Crippen MR) is 93.4 cm³/mol. The van der Waals surface area contributed by atoms with Crippen LogP contribution in [0, 0.1) is 27.7 Å². The van der Waals surface area contributed by atoms with Gasteiger partial charge in [-0.25, -0.2) is 8.42 Å². The van der Waals surface area contributed by atoms with E-state index >= 15 is 0 Å². The summed E-state index contributed by atoms with van der Waals surface area (Å²) in [5, 5.41) is 0. The molecule has 0 radical (unpaired) electrons. The third kappa shape index (κ3) is 3.57. The van der Waals surface area contributed by atoms with Crippen LogP contribution < -0.4 is 4.72 Å². The molecule has 124 valence electrons. The summed E-state index contributed by atoms with van der Waals surface area (Å²) >= 11 is 0. The lowest BCUT2D eigenvalue weighted by Crippen LogP contribution is -2.18. The van der Waals surface area contributed by atoms with Gasteiger partial charge in [-0.1, -0.05) is 24.3 Å². The number of nitrogens with one attached hydrogen (secondary N) is 1. The minimum atomic E-state index is -3.67. The number of hydrogen-bond donors (Lipinski definition) is 1. The lowest BCUT2D eigenvalue weighted by atomic mass is 10.0. The van der Waals surface area contributed by atoms with Crippen molar-refractivity contribution in [2.75, 3.05) is 11.8 Å². The van der Waals surface area contributed by atoms with Gasteiger partial charge in [0.2, 0.25) is 0 Å². The summed E-state index contributed by atoms with van der Waals surface area (Å²) in [6.07, 6.45) is 0. The fourth-order valence-corrected chi connectivity index (χ4v) is 4.40. The molecule has 1 N–H and O–H groups in total. The summed E-state index contributed by atoms with van der Waals surface area (Å²) in [6, 6.07) is 9.28. The highest BCUT2D eigenvalue weighted by Crippen LogP contribution is 2.28. The molecule has 0 saturated heterocycles. The average Bonchev–Trinajstić information content (AvgIpc) is 2.47. The Hall–Kier alpha value is -1.85. The molecule has 0 amide bonds. The molecule has 2 aromatic rings. The number of ether oxygens (including phenoxy) is 1. The van der Waals surface area contributed by atoms with E-state index < -0.39 is 10.0 Å². The van der Waals surface area contributed by atoms with Gasteiger partial charge >= 0.3 is 0 Å². The van der Waals surface area contributed by atoms with Gasteiger partial charge in [-0.15, -0.1) is 0 Å². The Balaban J connectivity index is 2.53. The maximum absolute atomic E-state index is 13.0. The van der Waals surface area contributed by atoms with Crippen molar-refractivity contribution in [2.45, 2.75) is 39.2 Å². The van der Waals surface area contributed by atoms with E-state index in [2.05, 4.69) is 4.72 Å². The maximum atomic E-state index is 13.0. The third-order valence-corrected chi connectivity index (χ3v) is 5.77. The summed E-state index contributed by atoms with van der Waals surface area (Å²) in [7, 11) is -2.08. The molecule has 2 aromatic carbocycles. The van der Waals surface area contributed by atoms with E-state index in [9.17, 15) is 8.42 Å². The second kappa shape index (κ2) is 6.72. The molecule has 0 heterocycles. The Morgan fingerprint density at radius 1 is 1.00 bits per heavy atom. The largest absolute Gasteiger partial charge is 0.380 e. The lowest BCUT2D eigenvalue weighted by molar-refractivity contribution is 0.185. The van der Waals surface area contributed by atoms with Gasteiger partial charge in [0.1, 0.15) is 0 Å². The molecule has 5 heteroatoms. The van der Waals surface area contributed by atoms with Gasteiger partial charge in [0.05, 0.1) is 17.2 Å².